The number of benzene rings is 2. The van der Waals surface area contributed by atoms with Crippen LogP contribution in [0.5, 0.6) is 0 Å². The van der Waals surface area contributed by atoms with E-state index in [0.717, 1.165) is 11.1 Å². The molecule has 0 N–H and O–H groups in total. The molecule has 0 radical (unpaired) electrons. The van der Waals surface area contributed by atoms with Crippen molar-refractivity contribution in [3.63, 3.8) is 0 Å². The third kappa shape index (κ3) is 4.31. The molecule has 112 valence electrons. The lowest BCUT2D eigenvalue weighted by molar-refractivity contribution is -0.384. The predicted octanol–water partition coefficient (Wildman–Crippen LogP) is 4.39. The molecule has 0 aliphatic heterocycles. The first-order chi connectivity index (χ1) is 10.6. The average molecular weight is 294 g/mol. The van der Waals surface area contributed by atoms with E-state index in [1.54, 1.807) is 12.1 Å². The fraction of sp³-hybridized carbons (Fsp3) is 0.111. The maximum atomic E-state index is 10.6. The number of rotatable bonds is 5. The zero-order valence-corrected chi connectivity index (χ0v) is 12.6. The van der Waals surface area contributed by atoms with Crippen LogP contribution >= 0.6 is 0 Å². The van der Waals surface area contributed by atoms with Gasteiger partial charge in [0.1, 0.15) is 0 Å². The van der Waals surface area contributed by atoms with Crippen molar-refractivity contribution >= 4 is 23.5 Å². The Morgan fingerprint density at radius 1 is 0.864 bits per heavy atom. The number of allylic oxidation sites excluding steroid dienone is 2. The standard InChI is InChI=1S/C18H18N2O2/c1-19(2)17-11-7-15(8-12-17)5-3-4-6-16-9-13-18(14-10-16)20(21)22/h3-14H,1-2H3. The van der Waals surface area contributed by atoms with E-state index in [1.807, 2.05) is 38.4 Å². The van der Waals surface area contributed by atoms with Gasteiger partial charge >= 0.3 is 0 Å². The third-order valence-corrected chi connectivity index (χ3v) is 3.20. The number of hydrogen-bond acceptors (Lipinski definition) is 3. The van der Waals surface area contributed by atoms with Crippen LogP contribution in [0.25, 0.3) is 12.2 Å². The molecule has 0 aromatic heterocycles. The van der Waals surface area contributed by atoms with E-state index in [-0.39, 0.29) is 5.69 Å². The summed E-state index contributed by atoms with van der Waals surface area (Å²) in [5.41, 5.74) is 3.32. The fourth-order valence-electron chi connectivity index (χ4n) is 1.92. The molecule has 0 spiro atoms. The number of non-ortho nitro benzene ring substituents is 1. The SMILES string of the molecule is CN(C)c1ccc(C=CC=Cc2ccc([N+](=O)[O-])cc2)cc1. The Morgan fingerprint density at radius 3 is 1.73 bits per heavy atom. The van der Waals surface area contributed by atoms with Crippen molar-refractivity contribution in [2.24, 2.45) is 0 Å². The van der Waals surface area contributed by atoms with Gasteiger partial charge in [0.2, 0.25) is 0 Å². The first-order valence-corrected chi connectivity index (χ1v) is 6.93. The van der Waals surface area contributed by atoms with Crippen LogP contribution in [0.3, 0.4) is 0 Å². The maximum absolute atomic E-state index is 10.6. The number of nitro benzene ring substituents is 1. The highest BCUT2D eigenvalue weighted by Gasteiger charge is 2.01. The van der Waals surface area contributed by atoms with Crippen molar-refractivity contribution < 1.29 is 4.92 Å². The Hall–Kier alpha value is -2.88. The Balaban J connectivity index is 1.97. The first-order valence-electron chi connectivity index (χ1n) is 6.93. The second kappa shape index (κ2) is 7.22. The van der Waals surface area contributed by atoms with E-state index in [4.69, 9.17) is 0 Å². The van der Waals surface area contributed by atoms with Gasteiger partial charge in [0, 0.05) is 31.9 Å². The molecule has 22 heavy (non-hydrogen) atoms. The van der Waals surface area contributed by atoms with Crippen molar-refractivity contribution in [3.8, 4) is 0 Å². The summed E-state index contributed by atoms with van der Waals surface area (Å²) in [6, 6.07) is 14.7. The van der Waals surface area contributed by atoms with Gasteiger partial charge in [-0.05, 0) is 35.4 Å². The topological polar surface area (TPSA) is 46.4 Å². The lowest BCUT2D eigenvalue weighted by Gasteiger charge is -2.11. The molecule has 2 rings (SSSR count). The van der Waals surface area contributed by atoms with Crippen molar-refractivity contribution in [1.82, 2.24) is 0 Å². The minimum absolute atomic E-state index is 0.105. The zero-order chi connectivity index (χ0) is 15.9. The van der Waals surface area contributed by atoms with E-state index in [2.05, 4.69) is 29.2 Å². The summed E-state index contributed by atoms with van der Waals surface area (Å²) < 4.78 is 0. The van der Waals surface area contributed by atoms with Crippen LogP contribution in [0.2, 0.25) is 0 Å². The minimum Gasteiger partial charge on any atom is -0.378 e. The highest BCUT2D eigenvalue weighted by atomic mass is 16.6. The van der Waals surface area contributed by atoms with Gasteiger partial charge in [-0.15, -0.1) is 0 Å². The lowest BCUT2D eigenvalue weighted by atomic mass is 10.1. The average Bonchev–Trinajstić information content (AvgIpc) is 2.52. The highest BCUT2D eigenvalue weighted by Crippen LogP contribution is 2.14. The molecule has 0 amide bonds. The Bertz CT molecular complexity index is 684. The van der Waals surface area contributed by atoms with Crippen molar-refractivity contribution in [1.29, 1.82) is 0 Å². The second-order valence-electron chi connectivity index (χ2n) is 5.05. The van der Waals surface area contributed by atoms with Crippen LogP contribution in [-0.2, 0) is 0 Å². The van der Waals surface area contributed by atoms with Crippen LogP contribution in [0.4, 0.5) is 11.4 Å². The summed E-state index contributed by atoms with van der Waals surface area (Å²) in [6.45, 7) is 0. The minimum atomic E-state index is -0.398. The van der Waals surface area contributed by atoms with Gasteiger partial charge < -0.3 is 4.90 Å². The van der Waals surface area contributed by atoms with E-state index >= 15 is 0 Å². The summed E-state index contributed by atoms with van der Waals surface area (Å²) in [6.07, 6.45) is 7.79. The molecule has 0 heterocycles. The quantitative estimate of drug-likeness (QED) is 0.467. The van der Waals surface area contributed by atoms with Crippen LogP contribution < -0.4 is 4.90 Å². The van der Waals surface area contributed by atoms with Crippen LogP contribution in [0.15, 0.2) is 60.7 Å². The monoisotopic (exact) mass is 294 g/mol. The number of anilines is 1. The molecule has 4 heteroatoms. The van der Waals surface area contributed by atoms with Gasteiger partial charge in [-0.1, -0.05) is 36.4 Å². The molecule has 2 aromatic rings. The second-order valence-corrected chi connectivity index (χ2v) is 5.05. The van der Waals surface area contributed by atoms with Crippen molar-refractivity contribution in [3.05, 3.63) is 81.9 Å². The predicted molar refractivity (Wildman–Crippen MR) is 91.9 cm³/mol. The van der Waals surface area contributed by atoms with Gasteiger partial charge in [-0.25, -0.2) is 0 Å². The van der Waals surface area contributed by atoms with Crippen molar-refractivity contribution in [2.75, 3.05) is 19.0 Å². The van der Waals surface area contributed by atoms with Crippen LogP contribution in [-0.4, -0.2) is 19.0 Å². The molecule has 0 saturated carbocycles. The molecule has 0 bridgehead atoms. The zero-order valence-electron chi connectivity index (χ0n) is 12.6. The summed E-state index contributed by atoms with van der Waals surface area (Å²) >= 11 is 0. The Morgan fingerprint density at radius 2 is 1.32 bits per heavy atom. The van der Waals surface area contributed by atoms with Gasteiger partial charge in [0.15, 0.2) is 0 Å². The van der Waals surface area contributed by atoms with Gasteiger partial charge in [0.25, 0.3) is 5.69 Å². The van der Waals surface area contributed by atoms with Crippen LogP contribution in [0.1, 0.15) is 11.1 Å². The maximum Gasteiger partial charge on any atom is 0.269 e. The molecule has 0 aliphatic rings. The van der Waals surface area contributed by atoms with Crippen molar-refractivity contribution in [2.45, 2.75) is 0 Å². The molecule has 2 aromatic carbocycles. The molecular weight excluding hydrogens is 276 g/mol. The first kappa shape index (κ1) is 15.5. The highest BCUT2D eigenvalue weighted by molar-refractivity contribution is 5.59. The molecule has 0 unspecified atom stereocenters. The summed E-state index contributed by atoms with van der Waals surface area (Å²) in [4.78, 5) is 12.2. The summed E-state index contributed by atoms with van der Waals surface area (Å²) in [5.74, 6) is 0. The Kier molecular flexibility index (Phi) is 5.09. The number of hydrogen-bond donors (Lipinski definition) is 0. The smallest absolute Gasteiger partial charge is 0.269 e. The van der Waals surface area contributed by atoms with Gasteiger partial charge in [-0.3, -0.25) is 10.1 Å². The molecule has 0 fully saturated rings. The molecule has 4 nitrogen and oxygen atoms in total. The number of nitro groups is 1. The third-order valence-electron chi connectivity index (χ3n) is 3.20. The normalized spacial score (nSPS) is 11.2. The largest absolute Gasteiger partial charge is 0.378 e. The fourth-order valence-corrected chi connectivity index (χ4v) is 1.92. The van der Waals surface area contributed by atoms with Crippen LogP contribution in [0, 0.1) is 10.1 Å². The van der Waals surface area contributed by atoms with E-state index in [1.165, 1.54) is 17.8 Å². The molecule has 0 atom stereocenters. The van der Waals surface area contributed by atoms with E-state index in [0.29, 0.717) is 0 Å². The van der Waals surface area contributed by atoms with E-state index in [9.17, 15) is 10.1 Å². The summed E-state index contributed by atoms with van der Waals surface area (Å²) in [5, 5.41) is 10.6. The Labute approximate surface area is 130 Å². The molecule has 0 aliphatic carbocycles. The number of nitrogens with zero attached hydrogens (tertiary/aromatic N) is 2. The van der Waals surface area contributed by atoms with E-state index < -0.39 is 4.92 Å². The van der Waals surface area contributed by atoms with Gasteiger partial charge in [-0.2, -0.15) is 0 Å². The lowest BCUT2D eigenvalue weighted by Crippen LogP contribution is -2.07. The molecule has 0 saturated heterocycles. The molecular formula is C18H18N2O2. The summed E-state index contributed by atoms with van der Waals surface area (Å²) in [7, 11) is 4.02. The van der Waals surface area contributed by atoms with Gasteiger partial charge in [0.05, 0.1) is 4.92 Å².